The van der Waals surface area contributed by atoms with Gasteiger partial charge in [0, 0.05) is 15.8 Å². The monoisotopic (exact) mass is 359 g/mol. The quantitative estimate of drug-likeness (QED) is 0.815. The number of nitrogens with one attached hydrogen (secondary N) is 1. The molecule has 1 aliphatic carbocycles. The number of hydrogen-bond acceptors (Lipinski definition) is 3. The number of carboxylic acids is 1. The molecule has 1 aromatic rings. The maximum Gasteiger partial charge on any atom is 0.303 e. The molecule has 1 aliphatic rings. The highest BCUT2D eigenvalue weighted by Gasteiger charge is 2.37. The molecule has 20 heavy (non-hydrogen) atoms. The van der Waals surface area contributed by atoms with E-state index in [1.165, 1.54) is 0 Å². The number of carbonyl (C=O) groups excluding carboxylic acids is 1. The average molecular weight is 360 g/mol. The van der Waals surface area contributed by atoms with Gasteiger partial charge in [0.05, 0.1) is 13.0 Å². The molecule has 0 radical (unpaired) electrons. The highest BCUT2D eigenvalue weighted by molar-refractivity contribution is 9.10. The number of thiophene rings is 1. The van der Waals surface area contributed by atoms with Crippen LogP contribution in [0.4, 0.5) is 0 Å². The molecule has 0 bridgehead atoms. The second-order valence-corrected chi connectivity index (χ2v) is 7.28. The number of amides is 1. The molecule has 4 nitrogen and oxygen atoms in total. The van der Waals surface area contributed by atoms with Crippen LogP contribution in [-0.2, 0) is 16.1 Å². The van der Waals surface area contributed by atoms with Crippen LogP contribution in [0.5, 0.6) is 0 Å². The van der Waals surface area contributed by atoms with E-state index >= 15 is 0 Å². The predicted octanol–water partition coefficient (Wildman–Crippen LogP) is 3.55. The summed E-state index contributed by atoms with van der Waals surface area (Å²) in [6.07, 6.45) is 4.16. The molecule has 1 amide bonds. The maximum atomic E-state index is 12.1. The first-order valence-electron chi connectivity index (χ1n) is 6.71. The standard InChI is InChI=1S/C14H18BrNO3S/c15-10-3-6-20-11(10)9-16-12(17)7-14(8-13(18)19)4-1-2-5-14/h3,6H,1-2,4-5,7-9H2,(H,16,17)(H,18,19). The lowest BCUT2D eigenvalue weighted by atomic mass is 9.79. The Morgan fingerprint density at radius 3 is 2.60 bits per heavy atom. The van der Waals surface area contributed by atoms with Crippen LogP contribution in [0, 0.1) is 5.41 Å². The lowest BCUT2D eigenvalue weighted by Crippen LogP contribution is -2.31. The van der Waals surface area contributed by atoms with Gasteiger partial charge in [-0.25, -0.2) is 0 Å². The Balaban J connectivity index is 1.89. The first kappa shape index (κ1) is 15.5. The summed E-state index contributed by atoms with van der Waals surface area (Å²) in [4.78, 5) is 24.2. The van der Waals surface area contributed by atoms with Gasteiger partial charge >= 0.3 is 5.97 Å². The third-order valence-electron chi connectivity index (χ3n) is 3.86. The van der Waals surface area contributed by atoms with Crippen molar-refractivity contribution in [3.63, 3.8) is 0 Å². The molecule has 0 saturated heterocycles. The number of hydrogen-bond donors (Lipinski definition) is 2. The molecule has 2 rings (SSSR count). The number of carbonyl (C=O) groups is 2. The van der Waals surface area contributed by atoms with Crippen molar-refractivity contribution in [1.82, 2.24) is 5.32 Å². The first-order chi connectivity index (χ1) is 9.51. The molecule has 0 aliphatic heterocycles. The Kier molecular flexibility index (Phi) is 5.21. The topological polar surface area (TPSA) is 66.4 Å². The van der Waals surface area contributed by atoms with Crippen molar-refractivity contribution in [2.24, 2.45) is 5.41 Å². The van der Waals surface area contributed by atoms with E-state index in [2.05, 4.69) is 21.2 Å². The van der Waals surface area contributed by atoms with Gasteiger partial charge in [-0.3, -0.25) is 9.59 Å². The van der Waals surface area contributed by atoms with E-state index in [0.29, 0.717) is 13.0 Å². The summed E-state index contributed by atoms with van der Waals surface area (Å²) in [5, 5.41) is 13.9. The Morgan fingerprint density at radius 2 is 2.05 bits per heavy atom. The number of halogens is 1. The van der Waals surface area contributed by atoms with Crippen LogP contribution in [0.25, 0.3) is 0 Å². The maximum absolute atomic E-state index is 12.1. The van der Waals surface area contributed by atoms with Gasteiger partial charge in [-0.05, 0) is 45.6 Å². The van der Waals surface area contributed by atoms with Gasteiger partial charge in [0.15, 0.2) is 0 Å². The van der Waals surface area contributed by atoms with Crippen molar-refractivity contribution >= 4 is 39.1 Å². The predicted molar refractivity (Wildman–Crippen MR) is 81.6 cm³/mol. The van der Waals surface area contributed by atoms with E-state index in [9.17, 15) is 9.59 Å². The van der Waals surface area contributed by atoms with Crippen LogP contribution in [0.2, 0.25) is 0 Å². The van der Waals surface area contributed by atoms with Crippen LogP contribution in [0.15, 0.2) is 15.9 Å². The average Bonchev–Trinajstić information content (AvgIpc) is 2.96. The van der Waals surface area contributed by atoms with Crippen molar-refractivity contribution in [3.8, 4) is 0 Å². The minimum absolute atomic E-state index is 0.0477. The largest absolute Gasteiger partial charge is 0.481 e. The fraction of sp³-hybridized carbons (Fsp3) is 0.571. The van der Waals surface area contributed by atoms with Crippen molar-refractivity contribution in [3.05, 3.63) is 20.8 Å². The van der Waals surface area contributed by atoms with Crippen LogP contribution in [0.3, 0.4) is 0 Å². The first-order valence-corrected chi connectivity index (χ1v) is 8.38. The Labute approximate surface area is 130 Å². The Morgan fingerprint density at radius 1 is 1.35 bits per heavy atom. The van der Waals surface area contributed by atoms with E-state index in [1.54, 1.807) is 11.3 Å². The summed E-state index contributed by atoms with van der Waals surface area (Å²) in [5.41, 5.74) is -0.331. The SMILES string of the molecule is O=C(O)CC1(CC(=O)NCc2sccc2Br)CCCC1. The molecule has 110 valence electrons. The van der Waals surface area contributed by atoms with Crippen LogP contribution < -0.4 is 5.32 Å². The zero-order valence-corrected chi connectivity index (χ0v) is 13.6. The third-order valence-corrected chi connectivity index (χ3v) is 5.79. The van der Waals surface area contributed by atoms with E-state index in [0.717, 1.165) is 35.0 Å². The molecule has 0 spiro atoms. The van der Waals surface area contributed by atoms with Gasteiger partial charge in [-0.2, -0.15) is 0 Å². The zero-order chi connectivity index (χ0) is 14.6. The van der Waals surface area contributed by atoms with Gasteiger partial charge in [-0.15, -0.1) is 11.3 Å². The molecule has 0 unspecified atom stereocenters. The van der Waals surface area contributed by atoms with Gasteiger partial charge in [0.1, 0.15) is 0 Å². The van der Waals surface area contributed by atoms with E-state index in [1.807, 2.05) is 11.4 Å². The Hall–Kier alpha value is -0.880. The minimum atomic E-state index is -0.805. The van der Waals surface area contributed by atoms with Crippen molar-refractivity contribution in [2.45, 2.75) is 45.1 Å². The lowest BCUT2D eigenvalue weighted by molar-refractivity contribution is -0.140. The van der Waals surface area contributed by atoms with Crippen LogP contribution >= 0.6 is 27.3 Å². The molecule has 1 heterocycles. The summed E-state index contributed by atoms with van der Waals surface area (Å²) < 4.78 is 1.00. The smallest absolute Gasteiger partial charge is 0.303 e. The normalized spacial score (nSPS) is 17.1. The number of aliphatic carboxylic acids is 1. The summed E-state index contributed by atoms with van der Waals surface area (Å²) >= 11 is 5.02. The molecule has 2 N–H and O–H groups in total. The second-order valence-electron chi connectivity index (χ2n) is 5.42. The summed E-state index contributed by atoms with van der Waals surface area (Å²) in [6.45, 7) is 0.500. The van der Waals surface area contributed by atoms with E-state index in [4.69, 9.17) is 5.11 Å². The molecule has 0 atom stereocenters. The van der Waals surface area contributed by atoms with Gasteiger partial charge in [0.25, 0.3) is 0 Å². The number of rotatable bonds is 6. The van der Waals surface area contributed by atoms with Gasteiger partial charge in [-0.1, -0.05) is 12.8 Å². The van der Waals surface area contributed by atoms with Crippen LogP contribution in [-0.4, -0.2) is 17.0 Å². The highest BCUT2D eigenvalue weighted by Crippen LogP contribution is 2.44. The molecule has 6 heteroatoms. The number of carboxylic acid groups (broad SMARTS) is 1. The van der Waals surface area contributed by atoms with Crippen molar-refractivity contribution in [2.75, 3.05) is 0 Å². The second kappa shape index (κ2) is 6.72. The highest BCUT2D eigenvalue weighted by atomic mass is 79.9. The van der Waals surface area contributed by atoms with Gasteiger partial charge in [0.2, 0.25) is 5.91 Å². The molecular formula is C14H18BrNO3S. The van der Waals surface area contributed by atoms with E-state index in [-0.39, 0.29) is 17.7 Å². The molecule has 1 aromatic heterocycles. The van der Waals surface area contributed by atoms with Crippen LogP contribution in [0.1, 0.15) is 43.4 Å². The fourth-order valence-corrected chi connectivity index (χ4v) is 4.33. The summed E-state index contributed by atoms with van der Waals surface area (Å²) in [6, 6.07) is 1.95. The summed E-state index contributed by atoms with van der Waals surface area (Å²) in [5.74, 6) is -0.853. The molecular weight excluding hydrogens is 342 g/mol. The van der Waals surface area contributed by atoms with E-state index < -0.39 is 5.97 Å². The van der Waals surface area contributed by atoms with Crippen molar-refractivity contribution < 1.29 is 14.7 Å². The van der Waals surface area contributed by atoms with Gasteiger partial charge < -0.3 is 10.4 Å². The van der Waals surface area contributed by atoms with Crippen molar-refractivity contribution in [1.29, 1.82) is 0 Å². The fourth-order valence-electron chi connectivity index (χ4n) is 2.90. The molecule has 1 saturated carbocycles. The molecule has 1 fully saturated rings. The zero-order valence-electron chi connectivity index (χ0n) is 11.2. The summed E-state index contributed by atoms with van der Waals surface area (Å²) in [7, 11) is 0. The lowest BCUT2D eigenvalue weighted by Gasteiger charge is -2.26. The third kappa shape index (κ3) is 4.06. The Bertz CT molecular complexity index is 494. The molecule has 0 aromatic carbocycles. The minimum Gasteiger partial charge on any atom is -0.481 e.